The molecule has 0 spiro atoms. The molecule has 0 radical (unpaired) electrons. The number of hydrogen-bond donors (Lipinski definition) is 2. The van der Waals surface area contributed by atoms with Crippen LogP contribution in [-0.4, -0.2) is 44.8 Å². The molecule has 1 aliphatic heterocycles. The molecule has 2 atom stereocenters. The van der Waals surface area contributed by atoms with Crippen LogP contribution < -0.4 is 20.5 Å². The van der Waals surface area contributed by atoms with Crippen molar-refractivity contribution in [2.45, 2.75) is 39.2 Å². The van der Waals surface area contributed by atoms with Crippen molar-refractivity contribution in [2.75, 3.05) is 29.6 Å². The highest BCUT2D eigenvalue weighted by Crippen LogP contribution is 2.32. The minimum atomic E-state index is -0.347. The normalized spacial score (nSPS) is 15.8. The molecule has 1 saturated heterocycles. The molecule has 4 aromatic rings. The van der Waals surface area contributed by atoms with E-state index in [9.17, 15) is 9.59 Å². The highest BCUT2D eigenvalue weighted by molar-refractivity contribution is 7.97. The quantitative estimate of drug-likeness (QED) is 0.229. The summed E-state index contributed by atoms with van der Waals surface area (Å²) in [6.45, 7) is 7.48. The van der Waals surface area contributed by atoms with Gasteiger partial charge < -0.3 is 10.2 Å². The molecule has 1 amide bonds. The Morgan fingerprint density at radius 1 is 1.18 bits per heavy atom. The molecule has 40 heavy (non-hydrogen) atoms. The van der Waals surface area contributed by atoms with Gasteiger partial charge in [0.15, 0.2) is 5.69 Å². The first-order valence-electron chi connectivity index (χ1n) is 13.1. The smallest absolute Gasteiger partial charge is 0.281 e. The number of benzene rings is 1. The fourth-order valence-corrected chi connectivity index (χ4v) is 5.70. The van der Waals surface area contributed by atoms with Crippen molar-refractivity contribution in [1.29, 1.82) is 0 Å². The summed E-state index contributed by atoms with van der Waals surface area (Å²) in [6.07, 6.45) is 4.67. The first-order valence-corrected chi connectivity index (χ1v) is 14.7. The number of fused-ring (bicyclic) bond motifs is 1. The monoisotopic (exact) mass is 577 g/mol. The van der Waals surface area contributed by atoms with Gasteiger partial charge in [-0.05, 0) is 62.6 Å². The fourth-order valence-electron chi connectivity index (χ4n) is 5.27. The summed E-state index contributed by atoms with van der Waals surface area (Å²) >= 11 is 7.29. The number of hydrogen-bond acceptors (Lipinski definition) is 8. The Labute approximate surface area is 242 Å². The summed E-state index contributed by atoms with van der Waals surface area (Å²) in [4.78, 5) is 42.3. The van der Waals surface area contributed by atoms with Gasteiger partial charge in [-0.3, -0.25) is 23.9 Å². The highest BCUT2D eigenvalue weighted by Gasteiger charge is 2.28. The molecule has 0 saturated carbocycles. The molecule has 1 aliphatic rings. The first-order chi connectivity index (χ1) is 19.2. The largest absolute Gasteiger partial charge is 0.377 e. The van der Waals surface area contributed by atoms with E-state index in [0.717, 1.165) is 36.3 Å². The van der Waals surface area contributed by atoms with Gasteiger partial charge in [-0.1, -0.05) is 35.7 Å². The maximum absolute atomic E-state index is 13.6. The molecule has 5 rings (SSSR count). The standard InChI is InChI=1S/C29H32ClN7O2S/c1-16-12-21(18(3)32-23-8-9-24(30)33-26(23)27(38)35-40-5)25-22(13-16)28(39)36(4)29(34-25)37-11-10-20(15-37)19-7-6-17(2)31-14-19/h6-9,12-14,18,20,32H,10-11,15H2,1-5H3,(H,35,38). The molecule has 9 nitrogen and oxygen atoms in total. The van der Waals surface area contributed by atoms with Crippen molar-refractivity contribution in [2.24, 2.45) is 7.05 Å². The highest BCUT2D eigenvalue weighted by atomic mass is 35.5. The molecule has 11 heteroatoms. The Hall–Kier alpha value is -3.63. The summed E-state index contributed by atoms with van der Waals surface area (Å²) < 4.78 is 4.35. The van der Waals surface area contributed by atoms with Gasteiger partial charge in [-0.25, -0.2) is 9.97 Å². The van der Waals surface area contributed by atoms with Crippen molar-refractivity contribution in [3.8, 4) is 0 Å². The zero-order valence-electron chi connectivity index (χ0n) is 23.2. The Bertz CT molecular complexity index is 1640. The third-order valence-electron chi connectivity index (χ3n) is 7.32. The van der Waals surface area contributed by atoms with Crippen molar-refractivity contribution < 1.29 is 4.79 Å². The van der Waals surface area contributed by atoms with Gasteiger partial charge in [-0.2, -0.15) is 0 Å². The van der Waals surface area contributed by atoms with Crippen LogP contribution in [0.15, 0.2) is 47.4 Å². The van der Waals surface area contributed by atoms with Crippen LogP contribution in [0.1, 0.15) is 58.2 Å². The number of aryl methyl sites for hydroxylation is 2. The minimum Gasteiger partial charge on any atom is -0.377 e. The minimum absolute atomic E-state index is 0.0919. The number of nitrogens with zero attached hydrogens (tertiary/aromatic N) is 5. The molecule has 1 fully saturated rings. The molecular formula is C29H32ClN7O2S. The predicted molar refractivity (Wildman–Crippen MR) is 163 cm³/mol. The first kappa shape index (κ1) is 27.9. The summed E-state index contributed by atoms with van der Waals surface area (Å²) in [5.74, 6) is 0.619. The van der Waals surface area contributed by atoms with Crippen LogP contribution in [0.25, 0.3) is 10.9 Å². The van der Waals surface area contributed by atoms with E-state index in [1.807, 2.05) is 45.2 Å². The van der Waals surface area contributed by atoms with Gasteiger partial charge in [0, 0.05) is 49.8 Å². The van der Waals surface area contributed by atoms with Gasteiger partial charge in [0.1, 0.15) is 5.15 Å². The summed E-state index contributed by atoms with van der Waals surface area (Å²) in [5, 5.41) is 4.19. The Morgan fingerprint density at radius 3 is 2.70 bits per heavy atom. The van der Waals surface area contributed by atoms with Crippen LogP contribution in [0, 0.1) is 13.8 Å². The topological polar surface area (TPSA) is 105 Å². The predicted octanol–water partition coefficient (Wildman–Crippen LogP) is 5.17. The van der Waals surface area contributed by atoms with Crippen molar-refractivity contribution in [3.63, 3.8) is 0 Å². The van der Waals surface area contributed by atoms with E-state index in [1.165, 1.54) is 17.5 Å². The van der Waals surface area contributed by atoms with E-state index in [4.69, 9.17) is 16.6 Å². The number of pyridine rings is 2. The van der Waals surface area contributed by atoms with Gasteiger partial charge in [0.05, 0.1) is 22.6 Å². The number of carbonyl (C=O) groups excluding carboxylic acids is 1. The maximum atomic E-state index is 13.6. The van der Waals surface area contributed by atoms with Crippen LogP contribution in [-0.2, 0) is 7.05 Å². The molecule has 1 aromatic carbocycles. The molecule has 2 unspecified atom stereocenters. The second-order valence-electron chi connectivity index (χ2n) is 10.2. The number of anilines is 2. The summed E-state index contributed by atoms with van der Waals surface area (Å²) in [7, 11) is 1.78. The van der Waals surface area contributed by atoms with E-state index in [1.54, 1.807) is 30.0 Å². The van der Waals surface area contributed by atoms with Crippen LogP contribution in [0.3, 0.4) is 0 Å². The molecule has 0 bridgehead atoms. The van der Waals surface area contributed by atoms with Crippen LogP contribution in [0.4, 0.5) is 11.6 Å². The van der Waals surface area contributed by atoms with E-state index in [0.29, 0.717) is 28.5 Å². The molecule has 2 N–H and O–H groups in total. The van der Waals surface area contributed by atoms with Crippen molar-refractivity contribution in [1.82, 2.24) is 24.2 Å². The van der Waals surface area contributed by atoms with Gasteiger partial charge in [0.2, 0.25) is 5.95 Å². The molecule has 0 aliphatic carbocycles. The summed E-state index contributed by atoms with van der Waals surface area (Å²) in [6, 6.07) is 11.2. The average Bonchev–Trinajstić information content (AvgIpc) is 3.42. The molecule has 208 valence electrons. The van der Waals surface area contributed by atoms with Gasteiger partial charge in [-0.15, -0.1) is 0 Å². The number of amides is 1. The molecule has 3 aromatic heterocycles. The van der Waals surface area contributed by atoms with Crippen LogP contribution in [0.2, 0.25) is 5.15 Å². The van der Waals surface area contributed by atoms with Gasteiger partial charge in [0.25, 0.3) is 11.5 Å². The maximum Gasteiger partial charge on any atom is 0.281 e. The number of nitrogens with one attached hydrogen (secondary N) is 2. The number of rotatable bonds is 7. The Kier molecular flexibility index (Phi) is 8.00. The lowest BCUT2D eigenvalue weighted by Gasteiger charge is -2.23. The van der Waals surface area contributed by atoms with Gasteiger partial charge >= 0.3 is 0 Å². The Morgan fingerprint density at radius 2 is 1.98 bits per heavy atom. The van der Waals surface area contributed by atoms with Crippen LogP contribution in [0.5, 0.6) is 0 Å². The second-order valence-corrected chi connectivity index (χ2v) is 11.2. The van der Waals surface area contributed by atoms with Crippen molar-refractivity contribution >= 4 is 52.0 Å². The average molecular weight is 578 g/mol. The Balaban J connectivity index is 1.52. The SMILES string of the molecule is CSNC(=O)c1nc(Cl)ccc1NC(C)c1cc(C)cc2c(=O)n(C)c(N3CCC(c4ccc(C)nc4)C3)nc12. The fraction of sp³-hybridized carbons (Fsp3) is 0.345. The molecular weight excluding hydrogens is 546 g/mol. The zero-order chi connectivity index (χ0) is 28.6. The number of halogens is 1. The van der Waals surface area contributed by atoms with E-state index in [2.05, 4.69) is 31.0 Å². The van der Waals surface area contributed by atoms with E-state index < -0.39 is 0 Å². The van der Waals surface area contributed by atoms with Crippen molar-refractivity contribution in [3.05, 3.63) is 86.2 Å². The third-order valence-corrected chi connectivity index (χ3v) is 7.92. The third kappa shape index (κ3) is 5.51. The van der Waals surface area contributed by atoms with Crippen LogP contribution >= 0.6 is 23.5 Å². The molecule has 4 heterocycles. The number of aromatic nitrogens is 4. The second kappa shape index (κ2) is 11.5. The van der Waals surface area contributed by atoms with E-state index >= 15 is 0 Å². The zero-order valence-corrected chi connectivity index (χ0v) is 24.7. The van der Waals surface area contributed by atoms with E-state index in [-0.39, 0.29) is 28.4 Å². The summed E-state index contributed by atoms with van der Waals surface area (Å²) in [5.41, 5.74) is 5.29. The lowest BCUT2D eigenvalue weighted by molar-refractivity contribution is 0.0980. The lowest BCUT2D eigenvalue weighted by Crippen LogP contribution is -2.30. The number of carbonyl (C=O) groups is 1. The lowest BCUT2D eigenvalue weighted by atomic mass is 10.0.